The Kier molecular flexibility index (Phi) is 6.00. The number of hydrogen-bond acceptors (Lipinski definition) is 6. The van der Waals surface area contributed by atoms with Crippen LogP contribution in [0, 0.1) is 0 Å². The van der Waals surface area contributed by atoms with Gasteiger partial charge in [0.2, 0.25) is 0 Å². The molecule has 1 rings (SSSR count). The maximum atomic E-state index is 11.1. The molecule has 0 aromatic heterocycles. The fraction of sp³-hybridized carbons (Fsp3) is 0.500. The molecule has 0 saturated carbocycles. The van der Waals surface area contributed by atoms with Crippen LogP contribution in [0.4, 0.5) is 0 Å². The Morgan fingerprint density at radius 3 is 2.50 bits per heavy atom. The van der Waals surface area contributed by atoms with Crippen LogP contribution in [0.25, 0.3) is 0 Å². The van der Waals surface area contributed by atoms with E-state index in [0.29, 0.717) is 24.3 Å². The van der Waals surface area contributed by atoms with Crippen molar-refractivity contribution in [1.29, 1.82) is 0 Å². The van der Waals surface area contributed by atoms with Gasteiger partial charge >= 0.3 is 7.12 Å². The van der Waals surface area contributed by atoms with Gasteiger partial charge in [-0.2, -0.15) is 0 Å². The van der Waals surface area contributed by atoms with Crippen molar-refractivity contribution >= 4 is 22.4 Å². The lowest BCUT2D eigenvalue weighted by atomic mass is 9.79. The molecular formula is C12H20BNO5S. The molecule has 0 atom stereocenters. The minimum atomic E-state index is -3.00. The van der Waals surface area contributed by atoms with E-state index in [1.165, 1.54) is 13.4 Å². The van der Waals surface area contributed by atoms with Gasteiger partial charge in [-0.3, -0.25) is 0 Å². The number of sulfone groups is 1. The van der Waals surface area contributed by atoms with E-state index in [4.69, 9.17) is 4.74 Å². The fourth-order valence-electron chi connectivity index (χ4n) is 1.77. The van der Waals surface area contributed by atoms with E-state index in [0.717, 1.165) is 5.56 Å². The van der Waals surface area contributed by atoms with Crippen molar-refractivity contribution in [2.45, 2.75) is 6.54 Å². The lowest BCUT2D eigenvalue weighted by molar-refractivity contribution is 0.333. The highest BCUT2D eigenvalue weighted by Crippen LogP contribution is 2.18. The summed E-state index contributed by atoms with van der Waals surface area (Å²) in [6.07, 6.45) is 1.20. The smallest absolute Gasteiger partial charge is 0.488 e. The SMILES string of the molecule is COc1ccc(B(O)O)cc1CN(C)CCS(C)(=O)=O. The lowest BCUT2D eigenvalue weighted by Crippen LogP contribution is -2.31. The lowest BCUT2D eigenvalue weighted by Gasteiger charge is -2.18. The molecule has 0 bridgehead atoms. The molecule has 6 nitrogen and oxygen atoms in total. The molecule has 112 valence electrons. The fourth-order valence-corrected chi connectivity index (χ4v) is 2.42. The summed E-state index contributed by atoms with van der Waals surface area (Å²) in [5.74, 6) is 0.703. The van der Waals surface area contributed by atoms with Crippen LogP contribution in [-0.4, -0.2) is 63.2 Å². The Morgan fingerprint density at radius 1 is 1.35 bits per heavy atom. The van der Waals surface area contributed by atoms with E-state index < -0.39 is 17.0 Å². The van der Waals surface area contributed by atoms with E-state index in [2.05, 4.69) is 0 Å². The van der Waals surface area contributed by atoms with Gasteiger partial charge < -0.3 is 19.7 Å². The Bertz CT molecular complexity index is 547. The predicted molar refractivity (Wildman–Crippen MR) is 78.9 cm³/mol. The highest BCUT2D eigenvalue weighted by atomic mass is 32.2. The zero-order valence-electron chi connectivity index (χ0n) is 11.9. The molecule has 1 aromatic rings. The third-order valence-corrected chi connectivity index (χ3v) is 3.81. The van der Waals surface area contributed by atoms with Gasteiger partial charge in [-0.15, -0.1) is 0 Å². The van der Waals surface area contributed by atoms with Gasteiger partial charge in [-0.05, 0) is 18.6 Å². The van der Waals surface area contributed by atoms with E-state index >= 15 is 0 Å². The molecule has 0 radical (unpaired) electrons. The van der Waals surface area contributed by atoms with Crippen molar-refractivity contribution in [3.05, 3.63) is 23.8 Å². The summed E-state index contributed by atoms with van der Waals surface area (Å²) < 4.78 is 27.5. The monoisotopic (exact) mass is 301 g/mol. The first-order chi connectivity index (χ1) is 9.23. The second-order valence-electron chi connectivity index (χ2n) is 4.81. The van der Waals surface area contributed by atoms with Gasteiger partial charge in [0.1, 0.15) is 15.6 Å². The summed E-state index contributed by atoms with van der Waals surface area (Å²) in [6.45, 7) is 0.854. The number of methoxy groups -OCH3 is 1. The van der Waals surface area contributed by atoms with E-state index in [1.807, 2.05) is 4.90 Å². The van der Waals surface area contributed by atoms with Gasteiger partial charge in [0.15, 0.2) is 0 Å². The molecule has 0 spiro atoms. The highest BCUT2D eigenvalue weighted by molar-refractivity contribution is 7.90. The van der Waals surface area contributed by atoms with Gasteiger partial charge in [0, 0.05) is 24.9 Å². The number of hydrogen-bond donors (Lipinski definition) is 2. The maximum Gasteiger partial charge on any atom is 0.488 e. The first kappa shape index (κ1) is 17.0. The van der Waals surface area contributed by atoms with Crippen LogP contribution in [-0.2, 0) is 16.4 Å². The third kappa shape index (κ3) is 5.50. The molecule has 2 N–H and O–H groups in total. The van der Waals surface area contributed by atoms with Crippen molar-refractivity contribution < 1.29 is 23.2 Å². The molecular weight excluding hydrogens is 281 g/mol. The Hall–Kier alpha value is -1.09. The average molecular weight is 301 g/mol. The zero-order chi connectivity index (χ0) is 15.3. The second-order valence-corrected chi connectivity index (χ2v) is 7.07. The molecule has 1 aromatic carbocycles. The normalized spacial score (nSPS) is 11.7. The van der Waals surface area contributed by atoms with Crippen molar-refractivity contribution in [2.75, 3.05) is 32.7 Å². The molecule has 0 unspecified atom stereocenters. The first-order valence-electron chi connectivity index (χ1n) is 6.12. The maximum absolute atomic E-state index is 11.1. The average Bonchev–Trinajstić information content (AvgIpc) is 2.35. The molecule has 0 amide bonds. The van der Waals surface area contributed by atoms with Crippen molar-refractivity contribution in [1.82, 2.24) is 4.90 Å². The molecule has 0 fully saturated rings. The zero-order valence-corrected chi connectivity index (χ0v) is 12.7. The van der Waals surface area contributed by atoms with Crippen LogP contribution in [0.1, 0.15) is 5.56 Å². The highest BCUT2D eigenvalue weighted by Gasteiger charge is 2.15. The molecule has 20 heavy (non-hydrogen) atoms. The Balaban J connectivity index is 2.81. The largest absolute Gasteiger partial charge is 0.496 e. The van der Waals surface area contributed by atoms with Crippen LogP contribution >= 0.6 is 0 Å². The topological polar surface area (TPSA) is 87.1 Å². The number of benzene rings is 1. The number of nitrogens with zero attached hydrogens (tertiary/aromatic N) is 1. The Labute approximate surface area is 120 Å². The summed E-state index contributed by atoms with van der Waals surface area (Å²) in [7, 11) is -1.21. The second kappa shape index (κ2) is 7.08. The molecule has 0 aliphatic heterocycles. The quantitative estimate of drug-likeness (QED) is 0.619. The van der Waals surface area contributed by atoms with Crippen molar-refractivity contribution in [2.24, 2.45) is 0 Å². The summed E-state index contributed by atoms with van der Waals surface area (Å²) in [4.78, 5) is 1.84. The van der Waals surface area contributed by atoms with Crippen LogP contribution < -0.4 is 10.2 Å². The molecule has 0 heterocycles. The molecule has 0 aliphatic rings. The van der Waals surface area contributed by atoms with E-state index in [9.17, 15) is 18.5 Å². The molecule has 8 heteroatoms. The van der Waals surface area contributed by atoms with E-state index in [1.54, 1.807) is 25.2 Å². The molecule has 0 saturated heterocycles. The van der Waals surface area contributed by atoms with Gasteiger partial charge in [-0.1, -0.05) is 12.1 Å². The summed E-state index contributed by atoms with van der Waals surface area (Å²) in [6, 6.07) is 4.87. The third-order valence-electron chi connectivity index (χ3n) is 2.89. The first-order valence-corrected chi connectivity index (χ1v) is 8.18. The summed E-state index contributed by atoms with van der Waals surface area (Å²) >= 11 is 0. The summed E-state index contributed by atoms with van der Waals surface area (Å²) in [5, 5.41) is 18.4. The van der Waals surface area contributed by atoms with Crippen molar-refractivity contribution in [3.63, 3.8) is 0 Å². The molecule has 0 aliphatic carbocycles. The summed E-state index contributed by atoms with van der Waals surface area (Å²) in [5.41, 5.74) is 1.14. The van der Waals surface area contributed by atoms with Crippen LogP contribution in [0.3, 0.4) is 0 Å². The Morgan fingerprint density at radius 2 is 2.00 bits per heavy atom. The van der Waals surface area contributed by atoms with Gasteiger partial charge in [-0.25, -0.2) is 8.42 Å². The van der Waals surface area contributed by atoms with Gasteiger partial charge in [0.05, 0.1) is 12.9 Å². The van der Waals surface area contributed by atoms with E-state index in [-0.39, 0.29) is 5.75 Å². The van der Waals surface area contributed by atoms with Crippen LogP contribution in [0.5, 0.6) is 5.75 Å². The predicted octanol–water partition coefficient (Wildman–Crippen LogP) is -1.15. The van der Waals surface area contributed by atoms with Crippen molar-refractivity contribution in [3.8, 4) is 5.75 Å². The van der Waals surface area contributed by atoms with Crippen LogP contribution in [0.15, 0.2) is 18.2 Å². The standard InChI is InChI=1S/C12H20BNO5S/c1-14(6-7-20(3,17)18)9-10-8-11(13(15)16)4-5-12(10)19-2/h4-5,8,15-16H,6-7,9H2,1-3H3. The minimum Gasteiger partial charge on any atom is -0.496 e. The number of rotatable bonds is 7. The van der Waals surface area contributed by atoms with Gasteiger partial charge in [0.25, 0.3) is 0 Å². The minimum absolute atomic E-state index is 0.0775. The van der Waals surface area contributed by atoms with Crippen LogP contribution in [0.2, 0.25) is 0 Å². The number of ether oxygens (including phenoxy) is 1.